The van der Waals surface area contributed by atoms with Gasteiger partial charge in [0.1, 0.15) is 19.0 Å². The molecule has 1 aromatic rings. The lowest BCUT2D eigenvalue weighted by Crippen LogP contribution is -2.14. The second-order valence-electron chi connectivity index (χ2n) is 3.57. The maximum Gasteiger partial charge on any atom is 0.230 e. The fraction of sp³-hybridized carbons (Fsp3) is 0.333. The fourth-order valence-electron chi connectivity index (χ4n) is 1.27. The van der Waals surface area contributed by atoms with E-state index >= 15 is 0 Å². The van der Waals surface area contributed by atoms with Crippen LogP contribution in [0.2, 0.25) is 0 Å². The van der Waals surface area contributed by atoms with Gasteiger partial charge in [0.2, 0.25) is 5.91 Å². The van der Waals surface area contributed by atoms with Crippen LogP contribution >= 0.6 is 0 Å². The highest BCUT2D eigenvalue weighted by molar-refractivity contribution is 6.04. The molecule has 1 aromatic carbocycles. The summed E-state index contributed by atoms with van der Waals surface area (Å²) in [5, 5.41) is 9.83. The van der Waals surface area contributed by atoms with Crippen molar-refractivity contribution < 1.29 is 13.9 Å². The highest BCUT2D eigenvalue weighted by Crippen LogP contribution is 2.17. The summed E-state index contributed by atoms with van der Waals surface area (Å²) in [5.41, 5.74) is 0.875. The van der Waals surface area contributed by atoms with E-state index in [0.29, 0.717) is 17.1 Å². The summed E-state index contributed by atoms with van der Waals surface area (Å²) < 4.78 is 17.0. The average molecular weight is 238 g/mol. The maximum atomic E-state index is 11.9. The summed E-state index contributed by atoms with van der Waals surface area (Å²) in [4.78, 5) is 11.4. The Hall–Kier alpha value is -1.91. The molecular weight excluding hydrogens is 223 g/mol. The van der Waals surface area contributed by atoms with Crippen molar-refractivity contribution in [2.45, 2.75) is 13.3 Å². The summed E-state index contributed by atoms with van der Waals surface area (Å²) in [5.74, 6) is 0.257. The molecule has 0 aliphatic heterocycles. The van der Waals surface area contributed by atoms with Crippen LogP contribution in [-0.4, -0.2) is 24.9 Å². The molecule has 0 radical (unpaired) electrons. The number of rotatable bonds is 6. The summed E-state index contributed by atoms with van der Waals surface area (Å²) in [7, 11) is 0. The van der Waals surface area contributed by atoms with E-state index in [1.165, 1.54) is 0 Å². The van der Waals surface area contributed by atoms with Crippen LogP contribution in [0.4, 0.5) is 10.1 Å². The van der Waals surface area contributed by atoms with Gasteiger partial charge in [0.15, 0.2) is 0 Å². The molecule has 0 aliphatic rings. The van der Waals surface area contributed by atoms with Crippen molar-refractivity contribution in [3.63, 3.8) is 0 Å². The molecule has 0 fully saturated rings. The van der Waals surface area contributed by atoms with Gasteiger partial charge >= 0.3 is 0 Å². The van der Waals surface area contributed by atoms with Crippen LogP contribution in [0.5, 0.6) is 5.75 Å². The van der Waals surface area contributed by atoms with Crippen molar-refractivity contribution in [2.24, 2.45) is 0 Å². The van der Waals surface area contributed by atoms with Crippen molar-refractivity contribution in [2.75, 3.05) is 18.6 Å². The Morgan fingerprint density at radius 2 is 2.29 bits per heavy atom. The van der Waals surface area contributed by atoms with Gasteiger partial charge in [-0.25, -0.2) is 4.39 Å². The van der Waals surface area contributed by atoms with Gasteiger partial charge < -0.3 is 15.5 Å². The number of carbonyl (C=O) groups is 1. The Morgan fingerprint density at radius 3 is 2.94 bits per heavy atom. The van der Waals surface area contributed by atoms with Crippen LogP contribution in [0, 0.1) is 5.41 Å². The molecule has 0 unspecified atom stereocenters. The minimum Gasteiger partial charge on any atom is -0.491 e. The number of hydrogen-bond acceptors (Lipinski definition) is 3. The maximum absolute atomic E-state index is 11.9. The van der Waals surface area contributed by atoms with Gasteiger partial charge in [-0.3, -0.25) is 4.79 Å². The van der Waals surface area contributed by atoms with Crippen LogP contribution in [-0.2, 0) is 4.79 Å². The van der Waals surface area contributed by atoms with E-state index in [1.807, 2.05) is 0 Å². The van der Waals surface area contributed by atoms with Crippen molar-refractivity contribution >= 4 is 17.3 Å². The molecule has 0 heterocycles. The SMILES string of the molecule is CC(=N)CC(=O)Nc1cccc(OCCF)c1. The molecule has 92 valence electrons. The van der Waals surface area contributed by atoms with E-state index < -0.39 is 6.67 Å². The van der Waals surface area contributed by atoms with Gasteiger partial charge in [0.25, 0.3) is 0 Å². The molecule has 4 nitrogen and oxygen atoms in total. The number of benzene rings is 1. The Balaban J connectivity index is 2.58. The number of amides is 1. The summed E-state index contributed by atoms with van der Waals surface area (Å²) >= 11 is 0. The van der Waals surface area contributed by atoms with Crippen molar-refractivity contribution in [3.05, 3.63) is 24.3 Å². The Kier molecular flexibility index (Phi) is 5.13. The third-order valence-electron chi connectivity index (χ3n) is 1.89. The second-order valence-corrected chi connectivity index (χ2v) is 3.57. The Labute approximate surface area is 99.3 Å². The van der Waals surface area contributed by atoms with Crippen LogP contribution in [0.3, 0.4) is 0 Å². The highest BCUT2D eigenvalue weighted by Gasteiger charge is 2.04. The van der Waals surface area contributed by atoms with E-state index in [2.05, 4.69) is 5.32 Å². The second kappa shape index (κ2) is 6.62. The Morgan fingerprint density at radius 1 is 1.53 bits per heavy atom. The average Bonchev–Trinajstić information content (AvgIpc) is 2.25. The number of nitrogens with one attached hydrogen (secondary N) is 2. The molecule has 0 atom stereocenters. The van der Waals surface area contributed by atoms with Gasteiger partial charge in [-0.15, -0.1) is 0 Å². The summed E-state index contributed by atoms with van der Waals surface area (Å²) in [6.07, 6.45) is 0.0650. The molecule has 0 saturated heterocycles. The number of halogens is 1. The summed E-state index contributed by atoms with van der Waals surface area (Å²) in [6, 6.07) is 6.72. The number of ether oxygens (including phenoxy) is 1. The Bertz CT molecular complexity index is 407. The molecule has 5 heteroatoms. The molecule has 0 saturated carbocycles. The van der Waals surface area contributed by atoms with E-state index in [-0.39, 0.29) is 18.9 Å². The molecule has 0 aliphatic carbocycles. The first-order valence-corrected chi connectivity index (χ1v) is 5.24. The van der Waals surface area contributed by atoms with Crippen LogP contribution in [0.25, 0.3) is 0 Å². The third-order valence-corrected chi connectivity index (χ3v) is 1.89. The monoisotopic (exact) mass is 238 g/mol. The smallest absolute Gasteiger partial charge is 0.230 e. The van der Waals surface area contributed by atoms with Crippen molar-refractivity contribution in [3.8, 4) is 5.75 Å². The number of hydrogen-bond donors (Lipinski definition) is 2. The highest BCUT2D eigenvalue weighted by atomic mass is 19.1. The largest absolute Gasteiger partial charge is 0.491 e. The molecule has 17 heavy (non-hydrogen) atoms. The number of anilines is 1. The summed E-state index contributed by atoms with van der Waals surface area (Å²) in [6.45, 7) is 1.01. The van der Waals surface area contributed by atoms with Gasteiger partial charge in [-0.2, -0.15) is 0 Å². The molecule has 0 aromatic heterocycles. The minimum atomic E-state index is -0.552. The lowest BCUT2D eigenvalue weighted by Gasteiger charge is -2.07. The molecule has 2 N–H and O–H groups in total. The topological polar surface area (TPSA) is 62.2 Å². The normalized spacial score (nSPS) is 9.76. The third kappa shape index (κ3) is 5.10. The molecule has 1 amide bonds. The molecular formula is C12H15FN2O2. The zero-order valence-corrected chi connectivity index (χ0v) is 9.63. The first kappa shape index (κ1) is 13.2. The first-order valence-electron chi connectivity index (χ1n) is 5.24. The standard InChI is InChI=1S/C12H15FN2O2/c1-9(14)7-12(16)15-10-3-2-4-11(8-10)17-6-5-13/h2-4,8,14H,5-7H2,1H3,(H,15,16). The van der Waals surface area contributed by atoms with Gasteiger partial charge in [-0.05, 0) is 19.1 Å². The predicted octanol–water partition coefficient (Wildman–Crippen LogP) is 2.40. The van der Waals surface area contributed by atoms with E-state index in [1.54, 1.807) is 31.2 Å². The lowest BCUT2D eigenvalue weighted by atomic mass is 10.2. The number of carbonyl (C=O) groups excluding carboxylic acids is 1. The predicted molar refractivity (Wildman–Crippen MR) is 64.6 cm³/mol. The van der Waals surface area contributed by atoms with Crippen LogP contribution < -0.4 is 10.1 Å². The van der Waals surface area contributed by atoms with Gasteiger partial charge in [-0.1, -0.05) is 6.07 Å². The van der Waals surface area contributed by atoms with Crippen molar-refractivity contribution in [1.29, 1.82) is 5.41 Å². The van der Waals surface area contributed by atoms with E-state index in [4.69, 9.17) is 10.1 Å². The van der Waals surface area contributed by atoms with Gasteiger partial charge in [0.05, 0.1) is 6.42 Å². The van der Waals surface area contributed by atoms with Crippen LogP contribution in [0.15, 0.2) is 24.3 Å². The lowest BCUT2D eigenvalue weighted by molar-refractivity contribution is -0.115. The fourth-order valence-corrected chi connectivity index (χ4v) is 1.27. The minimum absolute atomic E-state index is 0.00297. The van der Waals surface area contributed by atoms with E-state index in [0.717, 1.165) is 0 Å². The zero-order valence-electron chi connectivity index (χ0n) is 9.63. The quantitative estimate of drug-likeness (QED) is 0.747. The molecule has 1 rings (SSSR count). The molecule has 0 bridgehead atoms. The number of alkyl halides is 1. The molecule has 0 spiro atoms. The van der Waals surface area contributed by atoms with Crippen molar-refractivity contribution in [1.82, 2.24) is 0 Å². The zero-order chi connectivity index (χ0) is 12.7. The first-order chi connectivity index (χ1) is 8.11. The van der Waals surface area contributed by atoms with Gasteiger partial charge in [0, 0.05) is 17.5 Å². The van der Waals surface area contributed by atoms with E-state index in [9.17, 15) is 9.18 Å². The van der Waals surface area contributed by atoms with Crippen LogP contribution in [0.1, 0.15) is 13.3 Å².